The minimum atomic E-state index is -0.126. The van der Waals surface area contributed by atoms with E-state index in [-0.39, 0.29) is 5.60 Å². The maximum Gasteiger partial charge on any atom is 0.213 e. The monoisotopic (exact) mass is 243 g/mol. The van der Waals surface area contributed by atoms with Crippen LogP contribution >= 0.6 is 11.6 Å². The number of hydrogen-bond acceptors (Lipinski definition) is 3. The first-order valence-electron chi connectivity index (χ1n) is 5.29. The van der Waals surface area contributed by atoms with E-state index >= 15 is 0 Å². The molecule has 0 unspecified atom stereocenters. The molecule has 1 aromatic heterocycles. The lowest BCUT2D eigenvalue weighted by molar-refractivity contribution is -0.0168. The van der Waals surface area contributed by atoms with Gasteiger partial charge in [0, 0.05) is 18.1 Å². The van der Waals surface area contributed by atoms with Crippen LogP contribution in [0.1, 0.15) is 26.3 Å². The normalized spacial score (nSPS) is 11.5. The summed E-state index contributed by atoms with van der Waals surface area (Å²) >= 11 is 5.66. The van der Waals surface area contributed by atoms with Crippen LogP contribution in [0.25, 0.3) is 0 Å². The molecule has 1 rings (SSSR count). The fourth-order valence-corrected chi connectivity index (χ4v) is 1.23. The molecule has 0 aliphatic heterocycles. The Balaban J connectivity index is 2.27. The van der Waals surface area contributed by atoms with Crippen molar-refractivity contribution in [3.8, 4) is 5.88 Å². The van der Waals surface area contributed by atoms with Crippen LogP contribution in [0.3, 0.4) is 0 Å². The SMILES string of the molecule is CC(C)(C)OCCOc1ccc(CCl)cn1. The molecule has 0 saturated carbocycles. The van der Waals surface area contributed by atoms with E-state index in [1.165, 1.54) is 0 Å². The molecule has 0 aliphatic rings. The minimum absolute atomic E-state index is 0.126. The molecule has 0 N–H and O–H groups in total. The van der Waals surface area contributed by atoms with Crippen molar-refractivity contribution in [2.45, 2.75) is 32.3 Å². The third-order valence-corrected chi connectivity index (χ3v) is 2.13. The lowest BCUT2D eigenvalue weighted by atomic mass is 10.2. The highest BCUT2D eigenvalue weighted by Crippen LogP contribution is 2.10. The van der Waals surface area contributed by atoms with E-state index in [2.05, 4.69) is 4.98 Å². The van der Waals surface area contributed by atoms with Gasteiger partial charge in [-0.3, -0.25) is 0 Å². The number of ether oxygens (including phenoxy) is 2. The highest BCUT2D eigenvalue weighted by atomic mass is 35.5. The Labute approximate surface area is 102 Å². The Bertz CT molecular complexity index is 306. The summed E-state index contributed by atoms with van der Waals surface area (Å²) in [6.45, 7) is 7.11. The first-order valence-corrected chi connectivity index (χ1v) is 5.82. The van der Waals surface area contributed by atoms with Crippen molar-refractivity contribution in [1.29, 1.82) is 0 Å². The smallest absolute Gasteiger partial charge is 0.213 e. The predicted molar refractivity (Wildman–Crippen MR) is 65.0 cm³/mol. The molecule has 0 atom stereocenters. The van der Waals surface area contributed by atoms with Crippen LogP contribution in [-0.2, 0) is 10.6 Å². The average molecular weight is 244 g/mol. The fraction of sp³-hybridized carbons (Fsp3) is 0.583. The van der Waals surface area contributed by atoms with Gasteiger partial charge in [-0.2, -0.15) is 0 Å². The second-order valence-electron chi connectivity index (χ2n) is 4.45. The molecule has 0 aromatic carbocycles. The molecule has 0 bridgehead atoms. The number of halogens is 1. The van der Waals surface area contributed by atoms with Crippen LogP contribution < -0.4 is 4.74 Å². The van der Waals surface area contributed by atoms with Crippen LogP contribution in [-0.4, -0.2) is 23.8 Å². The van der Waals surface area contributed by atoms with Crippen molar-refractivity contribution in [2.75, 3.05) is 13.2 Å². The van der Waals surface area contributed by atoms with E-state index < -0.39 is 0 Å². The largest absolute Gasteiger partial charge is 0.475 e. The summed E-state index contributed by atoms with van der Waals surface area (Å²) in [5, 5.41) is 0. The van der Waals surface area contributed by atoms with Gasteiger partial charge in [0.1, 0.15) is 6.61 Å². The standard InChI is InChI=1S/C12H18ClNO2/c1-12(2,3)16-7-6-15-11-5-4-10(8-13)9-14-11/h4-5,9H,6-8H2,1-3H3. The number of hydrogen-bond donors (Lipinski definition) is 0. The van der Waals surface area contributed by atoms with Crippen molar-refractivity contribution in [3.05, 3.63) is 23.9 Å². The lowest BCUT2D eigenvalue weighted by Crippen LogP contribution is -2.22. The van der Waals surface area contributed by atoms with E-state index in [1.807, 2.05) is 32.9 Å². The van der Waals surface area contributed by atoms with Gasteiger partial charge in [0.2, 0.25) is 5.88 Å². The molecule has 16 heavy (non-hydrogen) atoms. The first kappa shape index (κ1) is 13.3. The lowest BCUT2D eigenvalue weighted by Gasteiger charge is -2.19. The van der Waals surface area contributed by atoms with Gasteiger partial charge in [0.25, 0.3) is 0 Å². The topological polar surface area (TPSA) is 31.4 Å². The van der Waals surface area contributed by atoms with E-state index in [4.69, 9.17) is 21.1 Å². The second-order valence-corrected chi connectivity index (χ2v) is 4.71. The van der Waals surface area contributed by atoms with Gasteiger partial charge in [-0.1, -0.05) is 6.07 Å². The molecule has 0 aliphatic carbocycles. The van der Waals surface area contributed by atoms with Gasteiger partial charge in [-0.05, 0) is 26.3 Å². The van der Waals surface area contributed by atoms with Crippen LogP contribution in [0.2, 0.25) is 0 Å². The molecule has 90 valence electrons. The number of nitrogens with zero attached hydrogens (tertiary/aromatic N) is 1. The zero-order valence-electron chi connectivity index (χ0n) is 10.00. The van der Waals surface area contributed by atoms with Crippen LogP contribution in [0.5, 0.6) is 5.88 Å². The Morgan fingerprint density at radius 3 is 2.50 bits per heavy atom. The summed E-state index contributed by atoms with van der Waals surface area (Å²) < 4.78 is 10.9. The van der Waals surface area contributed by atoms with Crippen molar-refractivity contribution in [3.63, 3.8) is 0 Å². The Hall–Kier alpha value is -0.800. The van der Waals surface area contributed by atoms with E-state index in [0.717, 1.165) is 5.56 Å². The number of aromatic nitrogens is 1. The molecule has 0 spiro atoms. The number of pyridine rings is 1. The zero-order valence-corrected chi connectivity index (χ0v) is 10.8. The molecule has 0 saturated heterocycles. The molecular weight excluding hydrogens is 226 g/mol. The Morgan fingerprint density at radius 1 is 1.25 bits per heavy atom. The van der Waals surface area contributed by atoms with Gasteiger partial charge in [-0.25, -0.2) is 4.98 Å². The van der Waals surface area contributed by atoms with Crippen molar-refractivity contribution < 1.29 is 9.47 Å². The first-order chi connectivity index (χ1) is 7.51. The summed E-state index contributed by atoms with van der Waals surface area (Å²) in [7, 11) is 0. The molecule has 0 fully saturated rings. The molecule has 1 heterocycles. The highest BCUT2D eigenvalue weighted by Gasteiger charge is 2.09. The average Bonchev–Trinajstić information content (AvgIpc) is 2.24. The van der Waals surface area contributed by atoms with Gasteiger partial charge in [0.15, 0.2) is 0 Å². The number of alkyl halides is 1. The van der Waals surface area contributed by atoms with Gasteiger partial charge in [-0.15, -0.1) is 11.6 Å². The number of rotatable bonds is 5. The van der Waals surface area contributed by atoms with E-state index in [1.54, 1.807) is 6.20 Å². The summed E-state index contributed by atoms with van der Waals surface area (Å²) in [5.41, 5.74) is 0.860. The third kappa shape index (κ3) is 5.33. The minimum Gasteiger partial charge on any atom is -0.475 e. The van der Waals surface area contributed by atoms with Crippen molar-refractivity contribution in [1.82, 2.24) is 4.98 Å². The molecule has 3 nitrogen and oxygen atoms in total. The second kappa shape index (κ2) is 6.06. The van der Waals surface area contributed by atoms with Crippen molar-refractivity contribution in [2.24, 2.45) is 0 Å². The summed E-state index contributed by atoms with van der Waals surface area (Å²) in [6, 6.07) is 3.72. The summed E-state index contributed by atoms with van der Waals surface area (Å²) in [6.07, 6.45) is 1.72. The molecular formula is C12H18ClNO2. The van der Waals surface area contributed by atoms with Crippen molar-refractivity contribution >= 4 is 11.6 Å². The predicted octanol–water partition coefficient (Wildman–Crippen LogP) is 3.01. The molecule has 0 amide bonds. The van der Waals surface area contributed by atoms with Gasteiger partial charge >= 0.3 is 0 Å². The molecule has 1 aromatic rings. The van der Waals surface area contributed by atoms with Crippen LogP contribution in [0, 0.1) is 0 Å². The van der Waals surface area contributed by atoms with E-state index in [9.17, 15) is 0 Å². The molecule has 0 radical (unpaired) electrons. The Kier molecular flexibility index (Phi) is 5.03. The quantitative estimate of drug-likeness (QED) is 0.589. The maximum absolute atomic E-state index is 5.66. The fourth-order valence-electron chi connectivity index (χ4n) is 1.07. The Morgan fingerprint density at radius 2 is 2.00 bits per heavy atom. The summed E-state index contributed by atoms with van der Waals surface area (Å²) in [4.78, 5) is 4.12. The highest BCUT2D eigenvalue weighted by molar-refractivity contribution is 6.17. The van der Waals surface area contributed by atoms with E-state index in [0.29, 0.717) is 25.0 Å². The molecule has 4 heteroatoms. The summed E-state index contributed by atoms with van der Waals surface area (Å²) in [5.74, 6) is 1.08. The van der Waals surface area contributed by atoms with Crippen LogP contribution in [0.4, 0.5) is 0 Å². The van der Waals surface area contributed by atoms with Crippen LogP contribution in [0.15, 0.2) is 18.3 Å². The zero-order chi connectivity index (χ0) is 12.0. The van der Waals surface area contributed by atoms with Gasteiger partial charge in [0.05, 0.1) is 12.2 Å². The third-order valence-electron chi connectivity index (χ3n) is 1.82. The maximum atomic E-state index is 5.66. The van der Waals surface area contributed by atoms with Gasteiger partial charge < -0.3 is 9.47 Å².